The summed E-state index contributed by atoms with van der Waals surface area (Å²) in [7, 11) is 2.45. The molecule has 0 spiro atoms. The number of amides is 2. The van der Waals surface area contributed by atoms with Crippen molar-refractivity contribution in [3.8, 4) is 0 Å². The molecule has 12 nitrogen and oxygen atoms in total. The van der Waals surface area contributed by atoms with Crippen molar-refractivity contribution in [2.75, 3.05) is 0 Å². The van der Waals surface area contributed by atoms with Crippen molar-refractivity contribution in [1.82, 2.24) is 30.6 Å². The molecule has 0 saturated carbocycles. The first-order chi connectivity index (χ1) is 17.2. The van der Waals surface area contributed by atoms with Gasteiger partial charge in [-0.15, -0.1) is 0 Å². The number of aliphatic carboxylic acids is 2. The maximum Gasteiger partial charge on any atom is 0.326 e. The first-order valence-corrected chi connectivity index (χ1v) is 13.8. The van der Waals surface area contributed by atoms with E-state index in [9.17, 15) is 29.4 Å². The van der Waals surface area contributed by atoms with Gasteiger partial charge in [-0.25, -0.2) is 19.6 Å². The molecular formula is C22H32N6O6S2. The maximum absolute atomic E-state index is 12.0. The Kier molecular flexibility index (Phi) is 12.3. The topological polar surface area (TPSA) is 190 Å². The number of imidazole rings is 2. The van der Waals surface area contributed by atoms with E-state index < -0.39 is 24.0 Å². The lowest BCUT2D eigenvalue weighted by Crippen LogP contribution is -2.42. The molecule has 2 rings (SSSR count). The Morgan fingerprint density at radius 2 is 1.19 bits per heavy atom. The summed E-state index contributed by atoms with van der Waals surface area (Å²) in [6, 6.07) is -2.21. The van der Waals surface area contributed by atoms with Gasteiger partial charge in [-0.1, -0.05) is 26.7 Å². The predicted octanol–water partition coefficient (Wildman–Crippen LogP) is 2.54. The lowest BCUT2D eigenvalue weighted by atomic mass is 10.1. The molecule has 0 aromatic carbocycles. The van der Waals surface area contributed by atoms with Crippen molar-refractivity contribution in [1.29, 1.82) is 0 Å². The highest BCUT2D eigenvalue weighted by Gasteiger charge is 2.25. The number of carboxylic acid groups (broad SMARTS) is 2. The molecule has 0 aliphatic heterocycles. The number of nitrogens with one attached hydrogen (secondary N) is 4. The monoisotopic (exact) mass is 540 g/mol. The number of carboxylic acids is 2. The zero-order chi connectivity index (χ0) is 26.5. The second kappa shape index (κ2) is 15.2. The van der Waals surface area contributed by atoms with Crippen molar-refractivity contribution >= 4 is 45.3 Å². The standard InChI is InChI=1S/C22H32N6O6S2/c1-3-5-7-17(29)27-15(21(31)32)9-13-19(25-11-23-13)35-36-20-14(24-12-26-20)10-16(22(33)34)28-18(30)8-6-4-2/h11-12,15-16H,3-10H2,1-2H3,(H,23,25)(H,24,26)(H,27,29)(H,28,30)(H,31,32)(H,33,34)/t15-,16-/m0/s1. The minimum absolute atomic E-state index is 0.0222. The summed E-state index contributed by atoms with van der Waals surface area (Å²) in [6.45, 7) is 3.90. The fourth-order valence-electron chi connectivity index (χ4n) is 3.15. The molecule has 0 radical (unpaired) electrons. The van der Waals surface area contributed by atoms with Crippen molar-refractivity contribution in [2.24, 2.45) is 0 Å². The molecule has 2 atom stereocenters. The molecule has 6 N–H and O–H groups in total. The first kappa shape index (κ1) is 29.2. The van der Waals surface area contributed by atoms with Crippen LogP contribution in [-0.2, 0) is 32.0 Å². The number of carbonyl (C=O) groups is 4. The Balaban J connectivity index is 2.01. The summed E-state index contributed by atoms with van der Waals surface area (Å²) in [4.78, 5) is 61.7. The molecule has 2 amide bonds. The van der Waals surface area contributed by atoms with Gasteiger partial charge in [0, 0.05) is 25.7 Å². The van der Waals surface area contributed by atoms with Crippen LogP contribution in [0.15, 0.2) is 22.7 Å². The summed E-state index contributed by atoms with van der Waals surface area (Å²) >= 11 is 0. The molecule has 0 aliphatic rings. The minimum atomic E-state index is -1.15. The van der Waals surface area contributed by atoms with Gasteiger partial charge < -0.3 is 30.8 Å². The normalized spacial score (nSPS) is 12.6. The van der Waals surface area contributed by atoms with E-state index >= 15 is 0 Å². The van der Waals surface area contributed by atoms with Crippen molar-refractivity contribution < 1.29 is 29.4 Å². The van der Waals surface area contributed by atoms with Gasteiger partial charge in [0.25, 0.3) is 0 Å². The number of unbranched alkanes of at least 4 members (excludes halogenated alkanes) is 2. The van der Waals surface area contributed by atoms with Crippen LogP contribution in [0.5, 0.6) is 0 Å². The smallest absolute Gasteiger partial charge is 0.326 e. The van der Waals surface area contributed by atoms with Crippen LogP contribution in [0, 0.1) is 0 Å². The lowest BCUT2D eigenvalue weighted by molar-refractivity contribution is -0.142. The quantitative estimate of drug-likeness (QED) is 0.163. The summed E-state index contributed by atoms with van der Waals surface area (Å²) in [5.41, 5.74) is 1.08. The fourth-order valence-corrected chi connectivity index (χ4v) is 5.32. The Labute approximate surface area is 216 Å². The molecule has 0 saturated heterocycles. The van der Waals surface area contributed by atoms with Gasteiger partial charge >= 0.3 is 11.9 Å². The molecule has 14 heteroatoms. The van der Waals surface area contributed by atoms with Crippen LogP contribution in [0.1, 0.15) is 63.8 Å². The van der Waals surface area contributed by atoms with Gasteiger partial charge in [0.15, 0.2) is 0 Å². The van der Waals surface area contributed by atoms with E-state index in [1.807, 2.05) is 13.8 Å². The van der Waals surface area contributed by atoms with Crippen LogP contribution in [0.25, 0.3) is 0 Å². The number of aromatic nitrogens is 4. The summed E-state index contributed by atoms with van der Waals surface area (Å²) in [5, 5.41) is 25.2. The Morgan fingerprint density at radius 3 is 1.53 bits per heavy atom. The van der Waals surface area contributed by atoms with Gasteiger partial charge in [0.05, 0.1) is 24.0 Å². The van der Waals surface area contributed by atoms with E-state index in [-0.39, 0.29) is 37.5 Å². The largest absolute Gasteiger partial charge is 0.480 e. The van der Waals surface area contributed by atoms with Crippen LogP contribution in [0.4, 0.5) is 0 Å². The number of carbonyl (C=O) groups excluding carboxylic acids is 2. The number of H-pyrrole nitrogens is 2. The van der Waals surface area contributed by atoms with Crippen molar-refractivity contribution in [3.63, 3.8) is 0 Å². The third kappa shape index (κ3) is 9.57. The molecule has 36 heavy (non-hydrogen) atoms. The minimum Gasteiger partial charge on any atom is -0.480 e. The highest BCUT2D eigenvalue weighted by Crippen LogP contribution is 2.38. The van der Waals surface area contributed by atoms with Gasteiger partial charge in [-0.05, 0) is 34.4 Å². The molecule has 0 unspecified atom stereocenters. The number of nitrogens with zero attached hydrogens (tertiary/aromatic N) is 2. The average Bonchev–Trinajstić information content (AvgIpc) is 3.47. The van der Waals surface area contributed by atoms with E-state index in [2.05, 4.69) is 30.6 Å². The second-order valence-corrected chi connectivity index (χ2v) is 10.2. The Morgan fingerprint density at radius 1 is 0.806 bits per heavy atom. The van der Waals surface area contributed by atoms with Crippen LogP contribution in [-0.4, -0.2) is 66.0 Å². The van der Waals surface area contributed by atoms with Gasteiger partial charge in [0.1, 0.15) is 22.1 Å². The second-order valence-electron chi connectivity index (χ2n) is 8.07. The average molecular weight is 541 g/mol. The van der Waals surface area contributed by atoms with Crippen LogP contribution >= 0.6 is 21.6 Å². The highest BCUT2D eigenvalue weighted by atomic mass is 33.1. The van der Waals surface area contributed by atoms with Crippen LogP contribution in [0.3, 0.4) is 0 Å². The van der Waals surface area contributed by atoms with Crippen LogP contribution < -0.4 is 10.6 Å². The predicted molar refractivity (Wildman–Crippen MR) is 134 cm³/mol. The molecule has 198 valence electrons. The fraction of sp³-hybridized carbons (Fsp3) is 0.545. The third-order valence-corrected chi connectivity index (χ3v) is 7.45. The number of aromatic amines is 2. The van der Waals surface area contributed by atoms with Crippen LogP contribution in [0.2, 0.25) is 0 Å². The Hall–Kier alpha value is -3.00. The van der Waals surface area contributed by atoms with Crippen molar-refractivity contribution in [3.05, 3.63) is 24.0 Å². The molecule has 0 bridgehead atoms. The molecule has 0 aliphatic carbocycles. The third-order valence-electron chi connectivity index (χ3n) is 5.15. The van der Waals surface area contributed by atoms with Crippen molar-refractivity contribution in [2.45, 2.75) is 87.3 Å². The zero-order valence-corrected chi connectivity index (χ0v) is 21.8. The molecule has 2 aromatic heterocycles. The summed E-state index contributed by atoms with van der Waals surface area (Å²) < 4.78 is 0. The van der Waals surface area contributed by atoms with E-state index in [1.54, 1.807) is 0 Å². The van der Waals surface area contributed by atoms with Gasteiger partial charge in [-0.3, -0.25) is 9.59 Å². The SMILES string of the molecule is CCCCC(=O)N[C@@H](Cc1[nH]cnc1SSc1nc[nH]c1C[C@H](NC(=O)CCCC)C(=O)O)C(=O)O. The lowest BCUT2D eigenvalue weighted by Gasteiger charge is -2.15. The Bertz CT molecular complexity index is 946. The van der Waals surface area contributed by atoms with Gasteiger partial charge in [0.2, 0.25) is 11.8 Å². The van der Waals surface area contributed by atoms with E-state index in [1.165, 1.54) is 34.2 Å². The first-order valence-electron chi connectivity index (χ1n) is 11.7. The maximum atomic E-state index is 12.0. The summed E-state index contributed by atoms with van der Waals surface area (Å²) in [6.07, 6.45) is 6.46. The van der Waals surface area contributed by atoms with E-state index in [0.717, 1.165) is 12.8 Å². The summed E-state index contributed by atoms with van der Waals surface area (Å²) in [5.74, 6) is -2.92. The van der Waals surface area contributed by atoms with Gasteiger partial charge in [-0.2, -0.15) is 0 Å². The number of hydrogen-bond donors (Lipinski definition) is 6. The number of hydrogen-bond acceptors (Lipinski definition) is 8. The molecule has 2 aromatic rings. The number of rotatable bonds is 17. The molecular weight excluding hydrogens is 508 g/mol. The highest BCUT2D eigenvalue weighted by molar-refractivity contribution is 8.76. The van der Waals surface area contributed by atoms with E-state index in [4.69, 9.17) is 0 Å². The zero-order valence-electron chi connectivity index (χ0n) is 20.2. The molecule has 2 heterocycles. The van der Waals surface area contributed by atoms with E-state index in [0.29, 0.717) is 34.3 Å². The molecule has 0 fully saturated rings.